The number of aromatic nitrogens is 1. The van der Waals surface area contributed by atoms with E-state index in [0.29, 0.717) is 5.92 Å². The van der Waals surface area contributed by atoms with Crippen LogP contribution in [0.3, 0.4) is 0 Å². The first-order valence-corrected chi connectivity index (χ1v) is 8.23. The zero-order valence-corrected chi connectivity index (χ0v) is 12.7. The second kappa shape index (κ2) is 6.85. The average molecular weight is 278 g/mol. The minimum Gasteiger partial charge on any atom is -0.440 e. The first-order valence-electron chi connectivity index (χ1n) is 6.84. The van der Waals surface area contributed by atoms with Gasteiger partial charge < -0.3 is 9.73 Å². The van der Waals surface area contributed by atoms with E-state index in [1.54, 1.807) is 0 Å². The fraction of sp³-hybridized carbons (Fsp3) is 0.533. The molecule has 0 saturated heterocycles. The largest absolute Gasteiger partial charge is 0.440 e. The van der Waals surface area contributed by atoms with Gasteiger partial charge in [0.05, 0.1) is 0 Å². The summed E-state index contributed by atoms with van der Waals surface area (Å²) in [5.41, 5.74) is 2.94. The number of fused-ring (bicyclic) bond motifs is 1. The van der Waals surface area contributed by atoms with Crippen LogP contribution in [0.25, 0.3) is 11.1 Å². The van der Waals surface area contributed by atoms with Crippen LogP contribution >= 0.6 is 11.8 Å². The number of anilines is 1. The third-order valence-corrected chi connectivity index (χ3v) is 3.70. The monoisotopic (exact) mass is 278 g/mol. The molecule has 1 aromatic carbocycles. The number of nitrogens with zero attached hydrogens (tertiary/aromatic N) is 1. The Hall–Kier alpha value is -1.16. The van der Waals surface area contributed by atoms with E-state index in [-0.39, 0.29) is 0 Å². The molecule has 2 rings (SSSR count). The molecule has 1 N–H and O–H groups in total. The second-order valence-corrected chi connectivity index (χ2v) is 6.00. The zero-order valence-electron chi connectivity index (χ0n) is 11.9. The summed E-state index contributed by atoms with van der Waals surface area (Å²) in [6.45, 7) is 5.20. The van der Waals surface area contributed by atoms with E-state index in [1.807, 2.05) is 17.8 Å². The molecule has 0 unspecified atom stereocenters. The Balaban J connectivity index is 1.97. The average Bonchev–Trinajstić information content (AvgIpc) is 2.82. The van der Waals surface area contributed by atoms with Crippen LogP contribution in [0.2, 0.25) is 0 Å². The Morgan fingerprint density at radius 1 is 1.32 bits per heavy atom. The highest BCUT2D eigenvalue weighted by atomic mass is 32.2. The summed E-state index contributed by atoms with van der Waals surface area (Å²) in [5, 5.41) is 3.44. The molecule has 0 radical (unpaired) electrons. The minimum absolute atomic E-state index is 0.329. The molecule has 0 atom stereocenters. The fourth-order valence-corrected chi connectivity index (χ4v) is 2.40. The number of oxazole rings is 1. The molecular weight excluding hydrogens is 256 g/mol. The van der Waals surface area contributed by atoms with Gasteiger partial charge in [0.15, 0.2) is 11.5 Å². The summed E-state index contributed by atoms with van der Waals surface area (Å²) in [6.07, 6.45) is 4.62. The lowest BCUT2D eigenvalue weighted by molar-refractivity contribution is 0.501. The van der Waals surface area contributed by atoms with Crippen molar-refractivity contribution in [2.75, 3.05) is 23.9 Å². The van der Waals surface area contributed by atoms with Gasteiger partial charge in [-0.3, -0.25) is 0 Å². The standard InChI is InChI=1S/C15H22N2OS/c1-11(2)15-17-13-10-12(6-7-14(13)18-15)16-8-4-5-9-19-3/h6-7,10-11,16H,4-5,8-9H2,1-3H3. The molecule has 19 heavy (non-hydrogen) atoms. The van der Waals surface area contributed by atoms with Gasteiger partial charge in [-0.2, -0.15) is 11.8 Å². The van der Waals surface area contributed by atoms with Gasteiger partial charge in [0, 0.05) is 18.2 Å². The van der Waals surface area contributed by atoms with Crippen molar-refractivity contribution in [3.63, 3.8) is 0 Å². The lowest BCUT2D eigenvalue weighted by Crippen LogP contribution is -2.01. The molecule has 0 amide bonds. The maximum absolute atomic E-state index is 5.70. The van der Waals surface area contributed by atoms with E-state index in [9.17, 15) is 0 Å². The predicted molar refractivity (Wildman–Crippen MR) is 84.2 cm³/mol. The molecule has 1 aromatic heterocycles. The van der Waals surface area contributed by atoms with Crippen molar-refractivity contribution >= 4 is 28.5 Å². The zero-order chi connectivity index (χ0) is 13.7. The van der Waals surface area contributed by atoms with Gasteiger partial charge in [-0.1, -0.05) is 13.8 Å². The first kappa shape index (κ1) is 14.3. The summed E-state index contributed by atoms with van der Waals surface area (Å²) in [7, 11) is 0. The van der Waals surface area contributed by atoms with Crippen molar-refractivity contribution in [1.82, 2.24) is 4.98 Å². The lowest BCUT2D eigenvalue weighted by atomic mass is 10.2. The van der Waals surface area contributed by atoms with Crippen molar-refractivity contribution in [3.8, 4) is 0 Å². The second-order valence-electron chi connectivity index (χ2n) is 5.02. The molecule has 0 spiro atoms. The topological polar surface area (TPSA) is 38.1 Å². The molecule has 0 fully saturated rings. The summed E-state index contributed by atoms with van der Waals surface area (Å²) in [6, 6.07) is 6.13. The van der Waals surface area contributed by atoms with Crippen LogP contribution in [-0.2, 0) is 0 Å². The Kier molecular flexibility index (Phi) is 5.14. The van der Waals surface area contributed by atoms with Gasteiger partial charge in [0.1, 0.15) is 5.52 Å². The van der Waals surface area contributed by atoms with Crippen molar-refractivity contribution < 1.29 is 4.42 Å². The van der Waals surface area contributed by atoms with E-state index in [1.165, 1.54) is 18.6 Å². The molecule has 0 aliphatic heterocycles. The number of hydrogen-bond acceptors (Lipinski definition) is 4. The van der Waals surface area contributed by atoms with E-state index in [0.717, 1.165) is 29.2 Å². The minimum atomic E-state index is 0.329. The summed E-state index contributed by atoms with van der Waals surface area (Å²) >= 11 is 1.90. The van der Waals surface area contributed by atoms with Gasteiger partial charge in [-0.25, -0.2) is 4.98 Å². The highest BCUT2D eigenvalue weighted by molar-refractivity contribution is 7.98. The van der Waals surface area contributed by atoms with Crippen LogP contribution < -0.4 is 5.32 Å². The molecular formula is C15H22N2OS. The summed E-state index contributed by atoms with van der Waals surface area (Å²) in [4.78, 5) is 4.52. The third kappa shape index (κ3) is 3.90. The fourth-order valence-electron chi connectivity index (χ4n) is 1.91. The molecule has 0 saturated carbocycles. The number of nitrogens with one attached hydrogen (secondary N) is 1. The number of thioether (sulfide) groups is 1. The molecule has 1 heterocycles. The van der Waals surface area contributed by atoms with Crippen LogP contribution in [0.4, 0.5) is 5.69 Å². The van der Waals surface area contributed by atoms with Crippen LogP contribution in [0.15, 0.2) is 22.6 Å². The molecule has 0 bridgehead atoms. The van der Waals surface area contributed by atoms with Crippen LogP contribution in [0, 0.1) is 0 Å². The van der Waals surface area contributed by atoms with Crippen molar-refractivity contribution in [3.05, 3.63) is 24.1 Å². The van der Waals surface area contributed by atoms with Crippen LogP contribution in [0.1, 0.15) is 38.5 Å². The Morgan fingerprint density at radius 2 is 2.16 bits per heavy atom. The molecule has 4 heteroatoms. The van der Waals surface area contributed by atoms with Gasteiger partial charge in [0.2, 0.25) is 0 Å². The van der Waals surface area contributed by atoms with Crippen LogP contribution in [-0.4, -0.2) is 23.5 Å². The SMILES string of the molecule is CSCCCCNc1ccc2oc(C(C)C)nc2c1. The van der Waals surface area contributed by atoms with Gasteiger partial charge in [-0.15, -0.1) is 0 Å². The van der Waals surface area contributed by atoms with E-state index in [4.69, 9.17) is 4.42 Å². The quantitative estimate of drug-likeness (QED) is 0.756. The number of unbranched alkanes of at least 4 members (excludes halogenated alkanes) is 1. The van der Waals surface area contributed by atoms with Gasteiger partial charge in [0.25, 0.3) is 0 Å². The summed E-state index contributed by atoms with van der Waals surface area (Å²) in [5.74, 6) is 2.38. The number of hydrogen-bond donors (Lipinski definition) is 1. The summed E-state index contributed by atoms with van der Waals surface area (Å²) < 4.78 is 5.70. The molecule has 3 nitrogen and oxygen atoms in total. The molecule has 0 aliphatic rings. The number of rotatable bonds is 7. The van der Waals surface area contributed by atoms with E-state index >= 15 is 0 Å². The predicted octanol–water partition coefficient (Wildman–Crippen LogP) is 4.51. The Morgan fingerprint density at radius 3 is 2.89 bits per heavy atom. The maximum Gasteiger partial charge on any atom is 0.198 e. The maximum atomic E-state index is 5.70. The van der Waals surface area contributed by atoms with Gasteiger partial charge >= 0.3 is 0 Å². The smallest absolute Gasteiger partial charge is 0.198 e. The highest BCUT2D eigenvalue weighted by Gasteiger charge is 2.09. The van der Waals surface area contributed by atoms with Gasteiger partial charge in [-0.05, 0) is 43.0 Å². The van der Waals surface area contributed by atoms with E-state index in [2.05, 4.69) is 42.5 Å². The Labute approximate surface area is 119 Å². The number of benzene rings is 1. The van der Waals surface area contributed by atoms with Crippen molar-refractivity contribution in [2.45, 2.75) is 32.6 Å². The highest BCUT2D eigenvalue weighted by Crippen LogP contribution is 2.23. The first-order chi connectivity index (χ1) is 9.20. The van der Waals surface area contributed by atoms with Crippen molar-refractivity contribution in [1.29, 1.82) is 0 Å². The molecule has 0 aliphatic carbocycles. The third-order valence-electron chi connectivity index (χ3n) is 3.00. The normalized spacial score (nSPS) is 11.4. The molecule has 2 aromatic rings. The Bertz CT molecular complexity index is 522. The van der Waals surface area contributed by atoms with E-state index < -0.39 is 0 Å². The van der Waals surface area contributed by atoms with Crippen LogP contribution in [0.5, 0.6) is 0 Å². The molecule has 104 valence electrons. The van der Waals surface area contributed by atoms with Crippen molar-refractivity contribution in [2.24, 2.45) is 0 Å². The lowest BCUT2D eigenvalue weighted by Gasteiger charge is -2.05.